The van der Waals surface area contributed by atoms with Gasteiger partial charge in [-0.25, -0.2) is 0 Å². The number of phenolic OH excluding ortho intramolecular Hbond substituents is 1. The summed E-state index contributed by atoms with van der Waals surface area (Å²) in [7, 11) is 1.72. The lowest BCUT2D eigenvalue weighted by Gasteiger charge is -2.42. The van der Waals surface area contributed by atoms with Gasteiger partial charge in [-0.05, 0) is 41.5 Å². The van der Waals surface area contributed by atoms with Crippen molar-refractivity contribution in [2.75, 3.05) is 20.2 Å². The van der Waals surface area contributed by atoms with Crippen LogP contribution in [0, 0.1) is 0 Å². The van der Waals surface area contributed by atoms with E-state index in [-0.39, 0.29) is 0 Å². The molecule has 0 aromatic heterocycles. The minimum absolute atomic E-state index is 0.321. The van der Waals surface area contributed by atoms with Crippen LogP contribution >= 0.6 is 0 Å². The Balaban J connectivity index is 1.67. The SMILES string of the molecule is COc1ccc2c(c1)CC[N+](CCc1ccccc1)(c1ccc(O)cc1)C2. The largest absolute Gasteiger partial charge is 0.508 e. The predicted molar refractivity (Wildman–Crippen MR) is 110 cm³/mol. The molecule has 0 saturated carbocycles. The number of nitrogens with zero attached hydrogens (tertiary/aromatic N) is 1. The first-order valence-corrected chi connectivity index (χ1v) is 9.54. The quantitative estimate of drug-likeness (QED) is 0.668. The van der Waals surface area contributed by atoms with Gasteiger partial charge in [-0.2, -0.15) is 0 Å². The summed E-state index contributed by atoms with van der Waals surface area (Å²) in [6.07, 6.45) is 2.06. The van der Waals surface area contributed by atoms with Gasteiger partial charge in [0.1, 0.15) is 23.7 Å². The fraction of sp³-hybridized carbons (Fsp3) is 0.250. The molecule has 3 heteroatoms. The maximum atomic E-state index is 9.74. The van der Waals surface area contributed by atoms with E-state index in [2.05, 4.69) is 60.7 Å². The lowest BCUT2D eigenvalue weighted by molar-refractivity contribution is 0.255. The number of quaternary nitrogens is 1. The van der Waals surface area contributed by atoms with E-state index < -0.39 is 0 Å². The van der Waals surface area contributed by atoms with Crippen LogP contribution in [0.3, 0.4) is 0 Å². The Kier molecular flexibility index (Phi) is 4.87. The Morgan fingerprint density at radius 1 is 0.926 bits per heavy atom. The van der Waals surface area contributed by atoms with Gasteiger partial charge >= 0.3 is 0 Å². The first-order valence-electron chi connectivity index (χ1n) is 9.54. The van der Waals surface area contributed by atoms with E-state index in [1.54, 1.807) is 19.2 Å². The molecule has 3 aromatic rings. The zero-order chi connectivity index (χ0) is 18.7. The molecule has 0 fully saturated rings. The van der Waals surface area contributed by atoms with Crippen LogP contribution in [0.15, 0.2) is 72.8 Å². The third-order valence-corrected chi connectivity index (χ3v) is 5.76. The fourth-order valence-corrected chi connectivity index (χ4v) is 4.15. The van der Waals surface area contributed by atoms with Gasteiger partial charge in [0.15, 0.2) is 0 Å². The van der Waals surface area contributed by atoms with Crippen LogP contribution in [0.1, 0.15) is 16.7 Å². The number of rotatable bonds is 5. The highest BCUT2D eigenvalue weighted by Gasteiger charge is 2.35. The molecular weight excluding hydrogens is 334 g/mol. The van der Waals surface area contributed by atoms with Crippen molar-refractivity contribution in [3.8, 4) is 11.5 Å². The topological polar surface area (TPSA) is 29.5 Å². The molecular formula is C24H26NO2+. The number of methoxy groups -OCH3 is 1. The molecule has 0 spiro atoms. The zero-order valence-corrected chi connectivity index (χ0v) is 15.8. The van der Waals surface area contributed by atoms with E-state index >= 15 is 0 Å². The number of ether oxygens (including phenoxy) is 1. The van der Waals surface area contributed by atoms with Gasteiger partial charge in [-0.15, -0.1) is 0 Å². The van der Waals surface area contributed by atoms with E-state index in [9.17, 15) is 5.11 Å². The third kappa shape index (κ3) is 3.69. The number of aromatic hydroxyl groups is 1. The zero-order valence-electron chi connectivity index (χ0n) is 15.8. The summed E-state index contributed by atoms with van der Waals surface area (Å²) in [5.41, 5.74) is 5.42. The van der Waals surface area contributed by atoms with Crippen LogP contribution in [0.4, 0.5) is 5.69 Å². The van der Waals surface area contributed by atoms with Gasteiger partial charge in [0.05, 0.1) is 20.2 Å². The molecule has 0 radical (unpaired) electrons. The Bertz CT molecular complexity index is 905. The average molecular weight is 360 g/mol. The molecule has 4 rings (SSSR count). The second kappa shape index (κ2) is 7.45. The second-order valence-electron chi connectivity index (χ2n) is 7.39. The summed E-state index contributed by atoms with van der Waals surface area (Å²) in [6, 6.07) is 24.9. The van der Waals surface area contributed by atoms with E-state index in [1.165, 1.54) is 22.4 Å². The number of phenols is 1. The highest BCUT2D eigenvalue weighted by atomic mass is 16.5. The lowest BCUT2D eigenvalue weighted by Crippen LogP contribution is -2.53. The molecule has 1 N–H and O–H groups in total. The molecule has 1 aliphatic rings. The normalized spacial score (nSPS) is 18.7. The summed E-state index contributed by atoms with van der Waals surface area (Å²) in [4.78, 5) is 0. The molecule has 0 amide bonds. The van der Waals surface area contributed by atoms with Gasteiger partial charge in [0, 0.05) is 30.5 Å². The van der Waals surface area contributed by atoms with Crippen LogP contribution in [-0.4, -0.2) is 25.3 Å². The van der Waals surface area contributed by atoms with Crippen molar-refractivity contribution in [3.63, 3.8) is 0 Å². The first kappa shape index (κ1) is 17.6. The van der Waals surface area contributed by atoms with Crippen LogP contribution in [0.25, 0.3) is 0 Å². The smallest absolute Gasteiger partial charge is 0.133 e. The van der Waals surface area contributed by atoms with Gasteiger partial charge < -0.3 is 9.84 Å². The summed E-state index contributed by atoms with van der Waals surface area (Å²) in [6.45, 7) is 3.06. The van der Waals surface area contributed by atoms with E-state index in [0.717, 1.165) is 42.7 Å². The summed E-state index contributed by atoms with van der Waals surface area (Å²) in [5, 5.41) is 9.74. The van der Waals surface area contributed by atoms with Gasteiger partial charge in [0.2, 0.25) is 0 Å². The van der Waals surface area contributed by atoms with Gasteiger partial charge in [-0.1, -0.05) is 30.3 Å². The van der Waals surface area contributed by atoms with Crippen molar-refractivity contribution in [1.29, 1.82) is 0 Å². The maximum absolute atomic E-state index is 9.74. The van der Waals surface area contributed by atoms with Crippen molar-refractivity contribution in [2.45, 2.75) is 19.4 Å². The van der Waals surface area contributed by atoms with Crippen molar-refractivity contribution in [2.24, 2.45) is 0 Å². The Hall–Kier alpha value is -2.78. The van der Waals surface area contributed by atoms with Crippen molar-refractivity contribution >= 4 is 5.69 Å². The summed E-state index contributed by atoms with van der Waals surface area (Å²) < 4.78 is 6.31. The monoisotopic (exact) mass is 360 g/mol. The number of hydrogen-bond acceptors (Lipinski definition) is 2. The third-order valence-electron chi connectivity index (χ3n) is 5.76. The second-order valence-corrected chi connectivity index (χ2v) is 7.39. The average Bonchev–Trinajstić information content (AvgIpc) is 2.73. The molecule has 0 aliphatic carbocycles. The number of fused-ring (bicyclic) bond motifs is 1. The molecule has 1 aliphatic heterocycles. The van der Waals surface area contributed by atoms with Gasteiger partial charge in [-0.3, -0.25) is 4.48 Å². The van der Waals surface area contributed by atoms with Crippen LogP contribution in [0.2, 0.25) is 0 Å². The molecule has 1 atom stereocenters. The number of benzene rings is 3. The van der Waals surface area contributed by atoms with Crippen molar-refractivity contribution in [1.82, 2.24) is 4.48 Å². The maximum Gasteiger partial charge on any atom is 0.133 e. The molecule has 0 saturated heterocycles. The van der Waals surface area contributed by atoms with Crippen LogP contribution < -0.4 is 9.22 Å². The van der Waals surface area contributed by atoms with E-state index in [0.29, 0.717) is 5.75 Å². The summed E-state index contributed by atoms with van der Waals surface area (Å²) in [5.74, 6) is 1.25. The van der Waals surface area contributed by atoms with E-state index in [1.807, 2.05) is 0 Å². The molecule has 1 heterocycles. The lowest BCUT2D eigenvalue weighted by atomic mass is 9.95. The first-order chi connectivity index (χ1) is 13.2. The Morgan fingerprint density at radius 2 is 1.70 bits per heavy atom. The van der Waals surface area contributed by atoms with Crippen molar-refractivity contribution in [3.05, 3.63) is 89.5 Å². The summed E-state index contributed by atoms with van der Waals surface area (Å²) >= 11 is 0. The molecule has 0 bridgehead atoms. The minimum atomic E-state index is 0.321. The molecule has 27 heavy (non-hydrogen) atoms. The highest BCUT2D eigenvalue weighted by Crippen LogP contribution is 2.34. The molecule has 1 unspecified atom stereocenters. The van der Waals surface area contributed by atoms with Gasteiger partial charge in [0.25, 0.3) is 0 Å². The molecule has 3 aromatic carbocycles. The minimum Gasteiger partial charge on any atom is -0.508 e. The van der Waals surface area contributed by atoms with Crippen molar-refractivity contribution < 1.29 is 9.84 Å². The van der Waals surface area contributed by atoms with Crippen LogP contribution in [-0.2, 0) is 19.4 Å². The fourth-order valence-electron chi connectivity index (χ4n) is 4.15. The molecule has 3 nitrogen and oxygen atoms in total. The molecule has 138 valence electrons. The van der Waals surface area contributed by atoms with E-state index in [4.69, 9.17) is 4.74 Å². The highest BCUT2D eigenvalue weighted by molar-refractivity contribution is 5.49. The number of hydrogen-bond donors (Lipinski definition) is 1. The Labute approximate surface area is 161 Å². The predicted octanol–water partition coefficient (Wildman–Crippen LogP) is 4.71. The van der Waals surface area contributed by atoms with Crippen LogP contribution in [0.5, 0.6) is 11.5 Å². The Morgan fingerprint density at radius 3 is 2.44 bits per heavy atom. The standard InChI is InChI=1S/C24H25NO2/c1-27-24-12-7-21-18-25(16-14-20(21)17-24,22-8-10-23(26)11-9-22)15-13-19-5-3-2-4-6-19/h2-12,17H,13-16,18H2,1H3/p+1.